The summed E-state index contributed by atoms with van der Waals surface area (Å²) < 4.78 is 1.31. The fraction of sp³-hybridized carbons (Fsp3) is 0.733. The normalized spacial score (nSPS) is 45.6. The maximum Gasteiger partial charge on any atom is 0.323 e. The molecule has 4 heteroatoms. The predicted octanol–water partition coefficient (Wildman–Crippen LogP) is 3.60. The Morgan fingerprint density at radius 1 is 1.47 bits per heavy atom. The van der Waals surface area contributed by atoms with Gasteiger partial charge in [0.05, 0.1) is 0 Å². The first kappa shape index (κ1) is 13.3. The van der Waals surface area contributed by atoms with Crippen molar-refractivity contribution in [1.82, 2.24) is 0 Å². The maximum absolute atomic E-state index is 12.1. The van der Waals surface area contributed by atoms with Crippen LogP contribution in [0.3, 0.4) is 0 Å². The molecule has 0 bridgehead atoms. The number of halogens is 1. The summed E-state index contributed by atoms with van der Waals surface area (Å²) in [5, 5.41) is 0. The maximum atomic E-state index is 12.1. The van der Waals surface area contributed by atoms with Crippen molar-refractivity contribution in [3.8, 4) is 0 Å². The van der Waals surface area contributed by atoms with Gasteiger partial charge in [0.1, 0.15) is 0 Å². The Balaban J connectivity index is 1.89. The summed E-state index contributed by atoms with van der Waals surface area (Å²) in [6.07, 6.45) is 6.50. The molecule has 0 aliphatic heterocycles. The first-order chi connectivity index (χ1) is 8.79. The lowest BCUT2D eigenvalue weighted by Crippen LogP contribution is -2.72. The molecule has 102 valence electrons. The van der Waals surface area contributed by atoms with Crippen LogP contribution in [-0.2, 0) is 4.79 Å². The number of ketones is 1. The number of carbonyl (C=O) groups excluding carboxylic acids is 1. The molecule has 0 radical (unpaired) electrons. The van der Waals surface area contributed by atoms with Gasteiger partial charge in [-0.05, 0) is 46.4 Å². The standard InChI is InChI=1S/C15H19BrN2O/c1-13(2)9-6-10-14(3,12(19)7-18-17)8-15(9,10)5-4-11(13)16/h4,7,9-10H,5-6,8H2,1-3H3/t9-,10?,14-,15-/m0/s1. The average Bonchev–Trinajstić information content (AvgIpc) is 2.31. The van der Waals surface area contributed by atoms with Crippen molar-refractivity contribution in [2.45, 2.75) is 40.0 Å². The highest BCUT2D eigenvalue weighted by Gasteiger charge is 2.75. The average molecular weight is 323 g/mol. The van der Waals surface area contributed by atoms with E-state index in [1.165, 1.54) is 4.48 Å². The van der Waals surface area contributed by atoms with Gasteiger partial charge in [-0.25, -0.2) is 0 Å². The highest BCUT2D eigenvalue weighted by molar-refractivity contribution is 9.11. The minimum absolute atomic E-state index is 0.0181. The Kier molecular flexibility index (Phi) is 2.57. The fourth-order valence-corrected chi connectivity index (χ4v) is 5.58. The lowest BCUT2D eigenvalue weighted by molar-refractivity contribution is -0.255. The second kappa shape index (κ2) is 3.67. The third-order valence-electron chi connectivity index (χ3n) is 6.21. The highest BCUT2D eigenvalue weighted by Crippen LogP contribution is 2.79. The Morgan fingerprint density at radius 2 is 2.16 bits per heavy atom. The molecule has 2 saturated carbocycles. The van der Waals surface area contributed by atoms with E-state index in [-0.39, 0.29) is 16.6 Å². The zero-order chi connectivity index (χ0) is 14.1. The smallest absolute Gasteiger partial charge is 0.323 e. The van der Waals surface area contributed by atoms with Crippen molar-refractivity contribution in [2.24, 2.45) is 28.1 Å². The van der Waals surface area contributed by atoms with E-state index in [1.807, 2.05) is 6.92 Å². The number of Topliss-reactive ketones (excluding diaryl/α,β-unsaturated/α-hetero) is 1. The van der Waals surface area contributed by atoms with Gasteiger partial charge in [0.15, 0.2) is 0 Å². The molecule has 3 aliphatic carbocycles. The van der Waals surface area contributed by atoms with Crippen LogP contribution in [-0.4, -0.2) is 16.8 Å². The van der Waals surface area contributed by atoms with Gasteiger partial charge >= 0.3 is 6.21 Å². The van der Waals surface area contributed by atoms with Crippen LogP contribution in [0.1, 0.15) is 40.0 Å². The third kappa shape index (κ3) is 1.37. The van der Waals surface area contributed by atoms with Crippen LogP contribution in [0.15, 0.2) is 10.6 Å². The number of hydrogen-bond donors (Lipinski definition) is 0. The van der Waals surface area contributed by atoms with Gasteiger partial charge in [-0.3, -0.25) is 4.79 Å². The monoisotopic (exact) mass is 322 g/mol. The molecule has 4 atom stereocenters. The Labute approximate surface area is 122 Å². The lowest BCUT2D eigenvalue weighted by Gasteiger charge is -2.76. The van der Waals surface area contributed by atoms with Crippen LogP contribution in [0.25, 0.3) is 5.53 Å². The predicted molar refractivity (Wildman–Crippen MR) is 76.9 cm³/mol. The zero-order valence-electron chi connectivity index (χ0n) is 11.6. The van der Waals surface area contributed by atoms with E-state index in [0.717, 1.165) is 25.5 Å². The van der Waals surface area contributed by atoms with E-state index in [0.29, 0.717) is 17.3 Å². The summed E-state index contributed by atoms with van der Waals surface area (Å²) >= 11 is 3.70. The molecule has 0 aromatic carbocycles. The van der Waals surface area contributed by atoms with Crippen molar-refractivity contribution in [1.29, 1.82) is 0 Å². The molecule has 19 heavy (non-hydrogen) atoms. The summed E-state index contributed by atoms with van der Waals surface area (Å²) in [6, 6.07) is 0. The first-order valence-corrected chi connectivity index (χ1v) is 7.66. The quantitative estimate of drug-likeness (QED) is 0.435. The lowest BCUT2D eigenvalue weighted by atomic mass is 9.27. The van der Waals surface area contributed by atoms with E-state index in [9.17, 15) is 4.79 Å². The number of allylic oxidation sites excluding steroid dienone is 2. The molecular weight excluding hydrogens is 304 g/mol. The van der Waals surface area contributed by atoms with Gasteiger partial charge < -0.3 is 5.53 Å². The Hall–Kier alpha value is -0.730. The van der Waals surface area contributed by atoms with E-state index < -0.39 is 0 Å². The summed E-state index contributed by atoms with van der Waals surface area (Å²) in [6.45, 7) is 6.62. The molecule has 1 unspecified atom stereocenters. The molecule has 2 fully saturated rings. The Morgan fingerprint density at radius 3 is 2.74 bits per heavy atom. The van der Waals surface area contributed by atoms with Crippen LogP contribution in [0, 0.1) is 28.1 Å². The molecule has 0 N–H and O–H groups in total. The zero-order valence-corrected chi connectivity index (χ0v) is 13.2. The van der Waals surface area contributed by atoms with E-state index >= 15 is 0 Å². The van der Waals surface area contributed by atoms with E-state index in [4.69, 9.17) is 5.53 Å². The minimum atomic E-state index is -0.309. The molecule has 0 amide bonds. The summed E-state index contributed by atoms with van der Waals surface area (Å²) in [5.74, 6) is 1.10. The number of nitrogens with zero attached hydrogens (tertiary/aromatic N) is 2. The summed E-state index contributed by atoms with van der Waals surface area (Å²) in [7, 11) is 0. The number of carbonyl (C=O) groups is 1. The van der Waals surface area contributed by atoms with Crippen LogP contribution in [0.5, 0.6) is 0 Å². The van der Waals surface area contributed by atoms with Crippen LogP contribution >= 0.6 is 15.9 Å². The third-order valence-corrected chi connectivity index (χ3v) is 7.56. The molecule has 1 spiro atoms. The van der Waals surface area contributed by atoms with Gasteiger partial charge in [0.25, 0.3) is 0 Å². The molecule has 0 heterocycles. The second-order valence-corrected chi connectivity index (χ2v) is 8.11. The van der Waals surface area contributed by atoms with Crippen LogP contribution < -0.4 is 0 Å². The summed E-state index contributed by atoms with van der Waals surface area (Å²) in [5.41, 5.74) is 8.76. The molecule has 3 nitrogen and oxygen atoms in total. The van der Waals surface area contributed by atoms with Crippen LogP contribution in [0.4, 0.5) is 0 Å². The topological polar surface area (TPSA) is 53.5 Å². The van der Waals surface area contributed by atoms with Gasteiger partial charge in [0, 0.05) is 5.41 Å². The van der Waals surface area contributed by atoms with Crippen molar-refractivity contribution < 1.29 is 9.58 Å². The molecule has 0 aromatic heterocycles. The molecular formula is C15H19BrN2O. The first-order valence-electron chi connectivity index (χ1n) is 6.87. The van der Waals surface area contributed by atoms with Gasteiger partial charge in [-0.15, -0.1) is 0 Å². The minimum Gasteiger partial charge on any atom is -0.361 e. The van der Waals surface area contributed by atoms with Gasteiger partial charge in [0.2, 0.25) is 5.78 Å². The number of hydrogen-bond acceptors (Lipinski definition) is 1. The van der Waals surface area contributed by atoms with Crippen molar-refractivity contribution >= 4 is 27.9 Å². The molecule has 0 aromatic rings. The SMILES string of the molecule is CC1(C)C(Br)=CC[C@@]23C[C@](C)(C(=O)C=[N+]=[N-])C2C[C@@H]13. The molecule has 3 rings (SSSR count). The fourth-order valence-electron chi connectivity index (χ4n) is 5.14. The van der Waals surface area contributed by atoms with E-state index in [2.05, 4.69) is 40.6 Å². The van der Waals surface area contributed by atoms with Gasteiger partial charge in [-0.2, -0.15) is 4.79 Å². The highest BCUT2D eigenvalue weighted by atomic mass is 79.9. The van der Waals surface area contributed by atoms with Crippen molar-refractivity contribution in [3.63, 3.8) is 0 Å². The second-order valence-electron chi connectivity index (χ2n) is 7.25. The number of rotatable bonds is 2. The molecule has 0 saturated heterocycles. The van der Waals surface area contributed by atoms with Gasteiger partial charge in [-0.1, -0.05) is 42.8 Å². The van der Waals surface area contributed by atoms with E-state index in [1.54, 1.807) is 0 Å². The van der Waals surface area contributed by atoms with Crippen molar-refractivity contribution in [2.75, 3.05) is 0 Å². The van der Waals surface area contributed by atoms with Crippen molar-refractivity contribution in [3.05, 3.63) is 16.1 Å². The molecule has 3 aliphatic rings. The largest absolute Gasteiger partial charge is 0.361 e. The Bertz CT molecular complexity index is 546. The van der Waals surface area contributed by atoms with Crippen LogP contribution in [0.2, 0.25) is 0 Å². The summed E-state index contributed by atoms with van der Waals surface area (Å²) in [4.78, 5) is 15.0.